The molecule has 1 aromatic heterocycles. The Morgan fingerprint density at radius 2 is 1.68 bits per heavy atom. The molecule has 5 nitrogen and oxygen atoms in total. The van der Waals surface area contributed by atoms with Gasteiger partial charge in [0.05, 0.1) is 17.9 Å². The third-order valence-electron chi connectivity index (χ3n) is 3.87. The van der Waals surface area contributed by atoms with E-state index < -0.39 is 11.7 Å². The van der Waals surface area contributed by atoms with Crippen molar-refractivity contribution in [2.24, 2.45) is 0 Å². The van der Waals surface area contributed by atoms with E-state index in [-0.39, 0.29) is 0 Å². The number of benzene rings is 2. The minimum absolute atomic E-state index is 0.396. The number of halogens is 3. The van der Waals surface area contributed by atoms with Crippen molar-refractivity contribution >= 4 is 17.5 Å². The molecule has 8 heteroatoms. The molecule has 0 unspecified atom stereocenters. The molecular weight excluding hydrogens is 369 g/mol. The zero-order chi connectivity index (χ0) is 20.0. The lowest BCUT2D eigenvalue weighted by atomic mass is 10.1. The highest BCUT2D eigenvalue weighted by Crippen LogP contribution is 2.30. The summed E-state index contributed by atoms with van der Waals surface area (Å²) in [6.07, 6.45) is -4.37. The molecule has 1 heterocycles. The first-order chi connectivity index (χ1) is 13.5. The van der Waals surface area contributed by atoms with Crippen molar-refractivity contribution < 1.29 is 17.9 Å². The van der Waals surface area contributed by atoms with Crippen LogP contribution in [0.3, 0.4) is 0 Å². The third-order valence-corrected chi connectivity index (χ3v) is 3.87. The van der Waals surface area contributed by atoms with Gasteiger partial charge in [0.1, 0.15) is 5.82 Å². The van der Waals surface area contributed by atoms with Crippen LogP contribution in [0.5, 0.6) is 0 Å². The van der Waals surface area contributed by atoms with Gasteiger partial charge in [0.25, 0.3) is 0 Å². The summed E-state index contributed by atoms with van der Waals surface area (Å²) < 4.78 is 43.2. The first-order valence-electron chi connectivity index (χ1n) is 8.57. The van der Waals surface area contributed by atoms with Gasteiger partial charge in [-0.1, -0.05) is 30.3 Å². The van der Waals surface area contributed by atoms with Crippen molar-refractivity contribution in [3.8, 4) is 11.3 Å². The molecule has 2 aromatic carbocycles. The molecule has 3 rings (SSSR count). The topological polar surface area (TPSA) is 59.1 Å². The fourth-order valence-corrected chi connectivity index (χ4v) is 2.50. The quantitative estimate of drug-likeness (QED) is 0.560. The van der Waals surface area contributed by atoms with Crippen LogP contribution in [-0.4, -0.2) is 30.2 Å². The normalized spacial score (nSPS) is 11.3. The largest absolute Gasteiger partial charge is 0.416 e. The molecule has 0 aliphatic rings. The standard InChI is InChI=1S/C20H19F3N4O/c1-28-12-11-24-19-26-17(14-5-3-2-4-6-14)13-18(27-19)25-16-9-7-15(8-10-16)20(21,22)23/h2-10,13H,11-12H2,1H3,(H2,24,25,26,27). The number of methoxy groups -OCH3 is 1. The summed E-state index contributed by atoms with van der Waals surface area (Å²) in [4.78, 5) is 8.88. The Bertz CT molecular complexity index is 900. The summed E-state index contributed by atoms with van der Waals surface area (Å²) in [5.74, 6) is 0.862. The summed E-state index contributed by atoms with van der Waals surface area (Å²) in [6.45, 7) is 1.01. The monoisotopic (exact) mass is 388 g/mol. The molecule has 0 saturated heterocycles. The lowest BCUT2D eigenvalue weighted by molar-refractivity contribution is -0.137. The van der Waals surface area contributed by atoms with Crippen LogP contribution in [0.1, 0.15) is 5.56 Å². The van der Waals surface area contributed by atoms with Gasteiger partial charge >= 0.3 is 6.18 Å². The van der Waals surface area contributed by atoms with Crippen LogP contribution < -0.4 is 10.6 Å². The lowest BCUT2D eigenvalue weighted by Gasteiger charge is -2.12. The minimum atomic E-state index is -4.37. The number of rotatable bonds is 7. The molecule has 0 amide bonds. The van der Waals surface area contributed by atoms with Crippen molar-refractivity contribution in [2.45, 2.75) is 6.18 Å². The summed E-state index contributed by atoms with van der Waals surface area (Å²) >= 11 is 0. The van der Waals surface area contributed by atoms with Crippen molar-refractivity contribution in [1.29, 1.82) is 0 Å². The van der Waals surface area contributed by atoms with Gasteiger partial charge in [-0.15, -0.1) is 0 Å². The predicted molar refractivity (Wildman–Crippen MR) is 103 cm³/mol. The molecule has 2 N–H and O–H groups in total. The highest BCUT2D eigenvalue weighted by Gasteiger charge is 2.29. The molecule has 146 valence electrons. The Labute approximate surface area is 160 Å². The Morgan fingerprint density at radius 3 is 2.32 bits per heavy atom. The summed E-state index contributed by atoms with van der Waals surface area (Å²) in [7, 11) is 1.60. The molecule has 0 atom stereocenters. The number of aromatic nitrogens is 2. The predicted octanol–water partition coefficient (Wildman–Crippen LogP) is 4.96. The van der Waals surface area contributed by atoms with Crippen LogP contribution in [0, 0.1) is 0 Å². The van der Waals surface area contributed by atoms with E-state index >= 15 is 0 Å². The number of hydrogen-bond acceptors (Lipinski definition) is 5. The first-order valence-corrected chi connectivity index (χ1v) is 8.57. The van der Waals surface area contributed by atoms with Crippen molar-refractivity contribution in [2.75, 3.05) is 30.9 Å². The van der Waals surface area contributed by atoms with E-state index in [1.165, 1.54) is 12.1 Å². The molecule has 0 bridgehead atoms. The first kappa shape index (κ1) is 19.6. The second kappa shape index (κ2) is 8.71. The van der Waals surface area contributed by atoms with Crippen LogP contribution in [0.25, 0.3) is 11.3 Å². The zero-order valence-corrected chi connectivity index (χ0v) is 15.1. The van der Waals surface area contributed by atoms with Gasteiger partial charge in [0, 0.05) is 31.0 Å². The van der Waals surface area contributed by atoms with Crippen LogP contribution in [0.2, 0.25) is 0 Å². The number of hydrogen-bond donors (Lipinski definition) is 2. The fourth-order valence-electron chi connectivity index (χ4n) is 2.50. The highest BCUT2D eigenvalue weighted by atomic mass is 19.4. The van der Waals surface area contributed by atoms with Crippen LogP contribution in [0.4, 0.5) is 30.6 Å². The average molecular weight is 388 g/mol. The smallest absolute Gasteiger partial charge is 0.383 e. The number of ether oxygens (including phenoxy) is 1. The molecule has 0 aliphatic heterocycles. The summed E-state index contributed by atoms with van der Waals surface area (Å²) in [5.41, 5.74) is 1.38. The fraction of sp³-hybridized carbons (Fsp3) is 0.200. The number of nitrogens with one attached hydrogen (secondary N) is 2. The van der Waals surface area contributed by atoms with E-state index in [0.717, 1.165) is 17.7 Å². The Balaban J connectivity index is 1.87. The van der Waals surface area contributed by atoms with E-state index in [4.69, 9.17) is 4.74 Å². The summed E-state index contributed by atoms with van der Waals surface area (Å²) in [6, 6.07) is 16.1. The van der Waals surface area contributed by atoms with Gasteiger partial charge in [-0.05, 0) is 24.3 Å². The van der Waals surface area contributed by atoms with E-state index in [0.29, 0.717) is 36.3 Å². The van der Waals surface area contributed by atoms with Gasteiger partial charge in [0.15, 0.2) is 0 Å². The zero-order valence-electron chi connectivity index (χ0n) is 15.1. The van der Waals surface area contributed by atoms with Gasteiger partial charge < -0.3 is 15.4 Å². The lowest BCUT2D eigenvalue weighted by Crippen LogP contribution is -2.11. The molecule has 0 fully saturated rings. The van der Waals surface area contributed by atoms with Gasteiger partial charge in [-0.3, -0.25) is 0 Å². The Morgan fingerprint density at radius 1 is 0.964 bits per heavy atom. The van der Waals surface area contributed by atoms with Crippen molar-refractivity contribution in [3.63, 3.8) is 0 Å². The van der Waals surface area contributed by atoms with Crippen molar-refractivity contribution in [1.82, 2.24) is 9.97 Å². The Kier molecular flexibility index (Phi) is 6.10. The molecule has 0 aliphatic carbocycles. The van der Waals surface area contributed by atoms with Gasteiger partial charge in [-0.2, -0.15) is 18.2 Å². The van der Waals surface area contributed by atoms with E-state index in [1.807, 2.05) is 30.3 Å². The SMILES string of the molecule is COCCNc1nc(Nc2ccc(C(F)(F)F)cc2)cc(-c2ccccc2)n1. The maximum absolute atomic E-state index is 12.7. The van der Waals surface area contributed by atoms with E-state index in [9.17, 15) is 13.2 Å². The van der Waals surface area contributed by atoms with Gasteiger partial charge in [-0.25, -0.2) is 4.98 Å². The highest BCUT2D eigenvalue weighted by molar-refractivity contribution is 5.67. The molecule has 0 radical (unpaired) electrons. The summed E-state index contributed by atoms with van der Waals surface area (Å²) in [5, 5.41) is 6.11. The molecule has 3 aromatic rings. The third kappa shape index (κ3) is 5.20. The average Bonchev–Trinajstić information content (AvgIpc) is 2.68. The molecule has 0 spiro atoms. The molecule has 0 saturated carbocycles. The second-order valence-corrected chi connectivity index (χ2v) is 5.95. The number of anilines is 3. The molecule has 28 heavy (non-hydrogen) atoms. The Hall–Kier alpha value is -3.13. The second-order valence-electron chi connectivity index (χ2n) is 5.95. The van der Waals surface area contributed by atoms with Crippen LogP contribution in [-0.2, 0) is 10.9 Å². The van der Waals surface area contributed by atoms with Crippen LogP contribution >= 0.6 is 0 Å². The number of nitrogens with zero attached hydrogens (tertiary/aromatic N) is 2. The minimum Gasteiger partial charge on any atom is -0.383 e. The maximum Gasteiger partial charge on any atom is 0.416 e. The maximum atomic E-state index is 12.7. The van der Waals surface area contributed by atoms with Gasteiger partial charge in [0.2, 0.25) is 5.95 Å². The van der Waals surface area contributed by atoms with E-state index in [1.54, 1.807) is 13.2 Å². The molecular formula is C20H19F3N4O. The number of alkyl halides is 3. The van der Waals surface area contributed by atoms with Crippen molar-refractivity contribution in [3.05, 3.63) is 66.2 Å². The van der Waals surface area contributed by atoms with E-state index in [2.05, 4.69) is 20.6 Å². The van der Waals surface area contributed by atoms with Crippen LogP contribution in [0.15, 0.2) is 60.7 Å².